The minimum Gasteiger partial charge on any atom is -0.477 e. The minimum absolute atomic E-state index is 0.0594. The zero-order chi connectivity index (χ0) is 13.9. The van der Waals surface area contributed by atoms with Gasteiger partial charge in [0.2, 0.25) is 0 Å². The third-order valence-corrected chi connectivity index (χ3v) is 3.48. The number of pyridine rings is 1. The summed E-state index contributed by atoms with van der Waals surface area (Å²) >= 11 is 0. The molecule has 0 aliphatic carbocycles. The van der Waals surface area contributed by atoms with Crippen LogP contribution in [-0.2, 0) is 0 Å². The molecule has 1 fully saturated rings. The Morgan fingerprint density at radius 1 is 1.50 bits per heavy atom. The van der Waals surface area contributed by atoms with Gasteiger partial charge in [-0.15, -0.1) is 10.2 Å². The molecule has 3 rings (SSSR count). The smallest absolute Gasteiger partial charge is 0.354 e. The van der Waals surface area contributed by atoms with Gasteiger partial charge in [0.05, 0.1) is 0 Å². The van der Waals surface area contributed by atoms with Crippen LogP contribution in [0.15, 0.2) is 18.3 Å². The predicted octanol–water partition coefficient (Wildman–Crippen LogP) is 0.677. The number of nitrogens with one attached hydrogen (secondary N) is 1. The molecule has 20 heavy (non-hydrogen) atoms. The summed E-state index contributed by atoms with van der Waals surface area (Å²) < 4.78 is 0. The first-order valence-corrected chi connectivity index (χ1v) is 6.41. The third kappa shape index (κ3) is 2.44. The quantitative estimate of drug-likeness (QED) is 0.847. The summed E-state index contributed by atoms with van der Waals surface area (Å²) in [6, 6.07) is 3.42. The molecule has 0 aromatic carbocycles. The number of hydrogen-bond donors (Lipinski definition) is 2. The standard InChI is InChI=1S/C12H14N6O2/c19-12(20)10-6-9(3-4-13-10)18-5-1-2-8(7-18)11-14-16-17-15-11/h3-4,6,8H,1-2,5,7H2,(H,19,20)(H,14,15,16,17)/t8-/m1/s1. The summed E-state index contributed by atoms with van der Waals surface area (Å²) in [7, 11) is 0. The summed E-state index contributed by atoms with van der Waals surface area (Å²) in [6.45, 7) is 1.64. The van der Waals surface area contributed by atoms with Gasteiger partial charge < -0.3 is 10.0 Å². The molecule has 0 bridgehead atoms. The lowest BCUT2D eigenvalue weighted by Crippen LogP contribution is -2.34. The number of nitrogens with zero attached hydrogens (tertiary/aromatic N) is 5. The largest absolute Gasteiger partial charge is 0.477 e. The monoisotopic (exact) mass is 274 g/mol. The number of piperidine rings is 1. The van der Waals surface area contributed by atoms with Crippen molar-refractivity contribution in [1.82, 2.24) is 25.6 Å². The van der Waals surface area contributed by atoms with Crippen LogP contribution in [0.1, 0.15) is 35.1 Å². The number of carboxylic acids is 1. The van der Waals surface area contributed by atoms with E-state index in [0.29, 0.717) is 5.82 Å². The summed E-state index contributed by atoms with van der Waals surface area (Å²) in [5.41, 5.74) is 0.926. The Morgan fingerprint density at radius 3 is 3.15 bits per heavy atom. The molecule has 2 aromatic heterocycles. The van der Waals surface area contributed by atoms with E-state index in [2.05, 4.69) is 30.5 Å². The Balaban J connectivity index is 1.80. The molecule has 1 aliphatic heterocycles. The van der Waals surface area contributed by atoms with E-state index in [0.717, 1.165) is 31.6 Å². The fraction of sp³-hybridized carbons (Fsp3) is 0.417. The lowest BCUT2D eigenvalue weighted by molar-refractivity contribution is 0.0690. The van der Waals surface area contributed by atoms with Crippen molar-refractivity contribution in [2.45, 2.75) is 18.8 Å². The molecular formula is C12H14N6O2. The normalized spacial score (nSPS) is 19.0. The number of carboxylic acid groups (broad SMARTS) is 1. The number of anilines is 1. The zero-order valence-electron chi connectivity index (χ0n) is 10.7. The molecule has 1 saturated heterocycles. The highest BCUT2D eigenvalue weighted by atomic mass is 16.4. The Bertz CT molecular complexity index is 600. The van der Waals surface area contributed by atoms with E-state index in [1.54, 1.807) is 6.07 Å². The van der Waals surface area contributed by atoms with Gasteiger partial charge in [0.15, 0.2) is 5.82 Å². The zero-order valence-corrected chi connectivity index (χ0v) is 10.7. The Morgan fingerprint density at radius 2 is 2.40 bits per heavy atom. The second-order valence-electron chi connectivity index (χ2n) is 4.76. The van der Waals surface area contributed by atoms with Crippen molar-refractivity contribution >= 4 is 11.7 Å². The molecule has 104 valence electrons. The van der Waals surface area contributed by atoms with E-state index in [9.17, 15) is 4.79 Å². The average Bonchev–Trinajstić information content (AvgIpc) is 3.02. The lowest BCUT2D eigenvalue weighted by Gasteiger charge is -2.33. The second-order valence-corrected chi connectivity index (χ2v) is 4.76. The van der Waals surface area contributed by atoms with Crippen molar-refractivity contribution in [2.75, 3.05) is 18.0 Å². The fourth-order valence-corrected chi connectivity index (χ4v) is 2.50. The van der Waals surface area contributed by atoms with E-state index >= 15 is 0 Å². The molecular weight excluding hydrogens is 260 g/mol. The van der Waals surface area contributed by atoms with Gasteiger partial charge in [0, 0.05) is 30.9 Å². The van der Waals surface area contributed by atoms with Crippen LogP contribution in [0, 0.1) is 0 Å². The van der Waals surface area contributed by atoms with Gasteiger partial charge in [0.25, 0.3) is 0 Å². The summed E-state index contributed by atoms with van der Waals surface area (Å²) in [5.74, 6) is -0.0928. The molecule has 0 radical (unpaired) electrons. The molecule has 0 unspecified atom stereocenters. The maximum Gasteiger partial charge on any atom is 0.354 e. The summed E-state index contributed by atoms with van der Waals surface area (Å²) in [6.07, 6.45) is 3.54. The topological polar surface area (TPSA) is 108 Å². The van der Waals surface area contributed by atoms with Gasteiger partial charge in [0.1, 0.15) is 5.69 Å². The van der Waals surface area contributed by atoms with Crippen LogP contribution in [0.3, 0.4) is 0 Å². The molecule has 0 spiro atoms. The first-order valence-electron chi connectivity index (χ1n) is 6.41. The molecule has 8 heteroatoms. The molecule has 1 aliphatic rings. The highest BCUT2D eigenvalue weighted by Crippen LogP contribution is 2.27. The molecule has 1 atom stereocenters. The highest BCUT2D eigenvalue weighted by Gasteiger charge is 2.25. The summed E-state index contributed by atoms with van der Waals surface area (Å²) in [4.78, 5) is 16.9. The number of H-pyrrole nitrogens is 1. The average molecular weight is 274 g/mol. The number of aromatic amines is 1. The van der Waals surface area contributed by atoms with E-state index in [1.165, 1.54) is 6.20 Å². The summed E-state index contributed by atoms with van der Waals surface area (Å²) in [5, 5.41) is 23.1. The van der Waals surface area contributed by atoms with Gasteiger partial charge >= 0.3 is 5.97 Å². The van der Waals surface area contributed by atoms with Crippen molar-refractivity contribution in [3.05, 3.63) is 29.8 Å². The predicted molar refractivity (Wildman–Crippen MR) is 69.6 cm³/mol. The van der Waals surface area contributed by atoms with E-state index in [1.807, 2.05) is 6.07 Å². The lowest BCUT2D eigenvalue weighted by atomic mass is 9.97. The fourth-order valence-electron chi connectivity index (χ4n) is 2.50. The van der Waals surface area contributed by atoms with E-state index in [-0.39, 0.29) is 11.6 Å². The van der Waals surface area contributed by atoms with Crippen LogP contribution >= 0.6 is 0 Å². The molecule has 3 heterocycles. The maximum atomic E-state index is 11.0. The number of tetrazole rings is 1. The van der Waals surface area contributed by atoms with Crippen LogP contribution < -0.4 is 4.90 Å². The van der Waals surface area contributed by atoms with Gasteiger partial charge in [-0.3, -0.25) is 0 Å². The number of aromatic nitrogens is 5. The molecule has 2 aromatic rings. The van der Waals surface area contributed by atoms with Crippen LogP contribution in [0.2, 0.25) is 0 Å². The minimum atomic E-state index is -1.02. The molecule has 0 saturated carbocycles. The van der Waals surface area contributed by atoms with Crippen LogP contribution in [0.4, 0.5) is 5.69 Å². The highest BCUT2D eigenvalue weighted by molar-refractivity contribution is 5.86. The van der Waals surface area contributed by atoms with Crippen molar-refractivity contribution < 1.29 is 9.90 Å². The molecule has 2 N–H and O–H groups in total. The van der Waals surface area contributed by atoms with Crippen molar-refractivity contribution in [2.24, 2.45) is 0 Å². The van der Waals surface area contributed by atoms with Crippen molar-refractivity contribution in [1.29, 1.82) is 0 Å². The van der Waals surface area contributed by atoms with Crippen LogP contribution in [-0.4, -0.2) is 49.8 Å². The van der Waals surface area contributed by atoms with Crippen LogP contribution in [0.25, 0.3) is 0 Å². The van der Waals surface area contributed by atoms with Crippen molar-refractivity contribution in [3.63, 3.8) is 0 Å². The van der Waals surface area contributed by atoms with Crippen molar-refractivity contribution in [3.8, 4) is 0 Å². The maximum absolute atomic E-state index is 11.0. The Labute approximate surface area is 114 Å². The molecule has 0 amide bonds. The third-order valence-electron chi connectivity index (χ3n) is 3.48. The first kappa shape index (κ1) is 12.5. The van der Waals surface area contributed by atoms with E-state index in [4.69, 9.17) is 5.11 Å². The van der Waals surface area contributed by atoms with Crippen LogP contribution in [0.5, 0.6) is 0 Å². The molecule has 8 nitrogen and oxygen atoms in total. The Hall–Kier alpha value is -2.51. The van der Waals surface area contributed by atoms with Gasteiger partial charge in [-0.05, 0) is 25.0 Å². The van der Waals surface area contributed by atoms with Gasteiger partial charge in [-0.25, -0.2) is 9.78 Å². The second kappa shape index (κ2) is 5.24. The van der Waals surface area contributed by atoms with Gasteiger partial charge in [-0.2, -0.15) is 5.21 Å². The Kier molecular flexibility index (Phi) is 3.28. The number of rotatable bonds is 3. The number of carbonyl (C=O) groups is 1. The SMILES string of the molecule is O=C(O)c1cc(N2CCC[C@@H](c3nn[nH]n3)C2)ccn1. The number of aromatic carboxylic acids is 1. The number of hydrogen-bond acceptors (Lipinski definition) is 6. The van der Waals surface area contributed by atoms with Gasteiger partial charge in [-0.1, -0.05) is 5.21 Å². The first-order chi connectivity index (χ1) is 9.74. The van der Waals surface area contributed by atoms with E-state index < -0.39 is 5.97 Å².